The number of nitrogens with zero attached hydrogens (tertiary/aromatic N) is 4. The molecule has 0 saturated heterocycles. The Labute approximate surface area is 208 Å². The lowest BCUT2D eigenvalue weighted by molar-refractivity contribution is 0.102. The summed E-state index contributed by atoms with van der Waals surface area (Å²) >= 11 is 7.43. The molecule has 0 fully saturated rings. The molecule has 0 aliphatic carbocycles. The Hall–Kier alpha value is -2.81. The topological polar surface area (TPSA) is 75.1 Å². The summed E-state index contributed by atoms with van der Waals surface area (Å²) in [7, 11) is 1.70. The zero-order valence-corrected chi connectivity index (χ0v) is 21.0. The van der Waals surface area contributed by atoms with Crippen molar-refractivity contribution in [1.82, 2.24) is 19.3 Å². The summed E-state index contributed by atoms with van der Waals surface area (Å²) in [5.74, 6) is 1.80. The van der Waals surface area contributed by atoms with Crippen LogP contribution in [-0.2, 0) is 17.8 Å². The number of carbonyl (C=O) groups excluding carboxylic acids is 1. The van der Waals surface area contributed by atoms with Crippen LogP contribution in [0.25, 0.3) is 11.4 Å². The van der Waals surface area contributed by atoms with Crippen LogP contribution < -0.4 is 0 Å². The van der Waals surface area contributed by atoms with Crippen LogP contribution in [0.2, 0.25) is 5.02 Å². The highest BCUT2D eigenvalue weighted by Crippen LogP contribution is 2.27. The highest BCUT2D eigenvalue weighted by molar-refractivity contribution is 7.99. The minimum Gasteiger partial charge on any atom is -0.467 e. The Morgan fingerprint density at radius 3 is 2.65 bits per heavy atom. The Morgan fingerprint density at radius 1 is 1.15 bits per heavy atom. The molecule has 0 aliphatic heterocycles. The van der Waals surface area contributed by atoms with Crippen molar-refractivity contribution in [2.45, 2.75) is 38.5 Å². The Bertz CT molecular complexity index is 1250. The van der Waals surface area contributed by atoms with Crippen LogP contribution in [0.4, 0.5) is 0 Å². The van der Waals surface area contributed by atoms with E-state index in [0.717, 1.165) is 41.2 Å². The van der Waals surface area contributed by atoms with Crippen molar-refractivity contribution in [3.63, 3.8) is 0 Å². The summed E-state index contributed by atoms with van der Waals surface area (Å²) in [6.07, 6.45) is 2.54. The van der Waals surface area contributed by atoms with Crippen LogP contribution in [0.3, 0.4) is 0 Å². The summed E-state index contributed by atoms with van der Waals surface area (Å²) < 4.78 is 14.9. The molecule has 0 spiro atoms. The molecule has 0 bridgehead atoms. The SMILES string of the molecule is COCCCn1c(C)cc(C(=O)CSc2nnc(-c3ccc(Cl)cc3)n2Cc2ccco2)c1C. The van der Waals surface area contributed by atoms with Gasteiger partial charge in [-0.05, 0) is 62.7 Å². The smallest absolute Gasteiger partial charge is 0.192 e. The van der Waals surface area contributed by atoms with Gasteiger partial charge in [-0.1, -0.05) is 23.4 Å². The fourth-order valence-electron chi connectivity index (χ4n) is 3.91. The van der Waals surface area contributed by atoms with Crippen molar-refractivity contribution in [1.29, 1.82) is 0 Å². The molecule has 9 heteroatoms. The van der Waals surface area contributed by atoms with Gasteiger partial charge in [0.1, 0.15) is 5.76 Å². The third-order valence-electron chi connectivity index (χ3n) is 5.65. The molecule has 3 aromatic heterocycles. The first kappa shape index (κ1) is 24.3. The second-order valence-electron chi connectivity index (χ2n) is 7.97. The lowest BCUT2D eigenvalue weighted by atomic mass is 10.2. The fourth-order valence-corrected chi connectivity index (χ4v) is 4.86. The normalized spacial score (nSPS) is 11.3. The third kappa shape index (κ3) is 5.46. The van der Waals surface area contributed by atoms with E-state index in [1.165, 1.54) is 11.8 Å². The van der Waals surface area contributed by atoms with E-state index in [1.807, 2.05) is 60.9 Å². The average Bonchev–Trinajstić information content (AvgIpc) is 3.55. The van der Waals surface area contributed by atoms with E-state index >= 15 is 0 Å². The zero-order valence-electron chi connectivity index (χ0n) is 19.5. The molecule has 7 nitrogen and oxygen atoms in total. The van der Waals surface area contributed by atoms with E-state index in [1.54, 1.807) is 13.4 Å². The van der Waals surface area contributed by atoms with Crippen LogP contribution in [0.15, 0.2) is 58.3 Å². The van der Waals surface area contributed by atoms with E-state index in [-0.39, 0.29) is 11.5 Å². The molecule has 4 aromatic rings. The first-order chi connectivity index (χ1) is 16.5. The zero-order chi connectivity index (χ0) is 24.1. The number of ether oxygens (including phenoxy) is 1. The van der Waals surface area contributed by atoms with E-state index in [0.29, 0.717) is 29.2 Å². The van der Waals surface area contributed by atoms with Crippen LogP contribution in [0, 0.1) is 13.8 Å². The number of aryl methyl sites for hydroxylation is 1. The maximum atomic E-state index is 13.1. The Morgan fingerprint density at radius 2 is 1.94 bits per heavy atom. The summed E-state index contributed by atoms with van der Waals surface area (Å²) in [6, 6.07) is 13.2. The van der Waals surface area contributed by atoms with Crippen molar-refractivity contribution in [2.24, 2.45) is 0 Å². The average molecular weight is 499 g/mol. The van der Waals surface area contributed by atoms with Crippen LogP contribution in [0.5, 0.6) is 0 Å². The molecular formula is C25H27ClN4O3S. The van der Waals surface area contributed by atoms with E-state index in [2.05, 4.69) is 14.8 Å². The molecule has 0 saturated carbocycles. The number of hydrogen-bond donors (Lipinski definition) is 0. The maximum absolute atomic E-state index is 13.1. The molecular weight excluding hydrogens is 472 g/mol. The van der Waals surface area contributed by atoms with Gasteiger partial charge in [-0.15, -0.1) is 10.2 Å². The number of carbonyl (C=O) groups is 1. The van der Waals surface area contributed by atoms with E-state index < -0.39 is 0 Å². The largest absolute Gasteiger partial charge is 0.467 e. The molecule has 0 amide bonds. The molecule has 178 valence electrons. The Kier molecular flexibility index (Phi) is 7.92. The van der Waals surface area contributed by atoms with Gasteiger partial charge in [0.25, 0.3) is 0 Å². The molecule has 1 aromatic carbocycles. The first-order valence-corrected chi connectivity index (χ1v) is 12.4. The fraction of sp³-hybridized carbons (Fsp3) is 0.320. The lowest BCUT2D eigenvalue weighted by Gasteiger charge is -2.10. The van der Waals surface area contributed by atoms with Gasteiger partial charge < -0.3 is 13.7 Å². The summed E-state index contributed by atoms with van der Waals surface area (Å²) in [5.41, 5.74) is 3.70. The van der Waals surface area contributed by atoms with Gasteiger partial charge in [-0.25, -0.2) is 0 Å². The summed E-state index contributed by atoms with van der Waals surface area (Å²) in [6.45, 7) is 6.01. The van der Waals surface area contributed by atoms with Crippen molar-refractivity contribution in [2.75, 3.05) is 19.5 Å². The number of thioether (sulfide) groups is 1. The van der Waals surface area contributed by atoms with Gasteiger partial charge in [0, 0.05) is 47.8 Å². The molecule has 0 unspecified atom stereocenters. The molecule has 0 atom stereocenters. The van der Waals surface area contributed by atoms with Gasteiger partial charge >= 0.3 is 0 Å². The van der Waals surface area contributed by atoms with Crippen LogP contribution >= 0.6 is 23.4 Å². The van der Waals surface area contributed by atoms with Crippen molar-refractivity contribution in [3.8, 4) is 11.4 Å². The number of aromatic nitrogens is 4. The monoisotopic (exact) mass is 498 g/mol. The predicted octanol–water partition coefficient (Wildman–Crippen LogP) is 5.67. The third-order valence-corrected chi connectivity index (χ3v) is 6.87. The molecule has 3 heterocycles. The second-order valence-corrected chi connectivity index (χ2v) is 9.35. The number of hydrogen-bond acceptors (Lipinski definition) is 6. The van der Waals surface area contributed by atoms with E-state index in [4.69, 9.17) is 20.8 Å². The Balaban J connectivity index is 1.54. The standard InChI is InChI=1S/C25H27ClN4O3S/c1-17-14-22(18(2)29(17)11-5-12-32-3)23(31)16-34-25-28-27-24(19-7-9-20(26)10-8-19)30(25)15-21-6-4-13-33-21/h4,6-10,13-14H,5,11-12,15-16H2,1-3H3. The van der Waals surface area contributed by atoms with Gasteiger partial charge in [0.15, 0.2) is 16.8 Å². The summed E-state index contributed by atoms with van der Waals surface area (Å²) in [4.78, 5) is 13.1. The molecule has 0 N–H and O–H groups in total. The minimum atomic E-state index is 0.0664. The molecule has 34 heavy (non-hydrogen) atoms. The first-order valence-electron chi connectivity index (χ1n) is 11.0. The molecule has 0 radical (unpaired) electrons. The van der Waals surface area contributed by atoms with E-state index in [9.17, 15) is 4.79 Å². The number of benzene rings is 1. The maximum Gasteiger partial charge on any atom is 0.192 e. The highest BCUT2D eigenvalue weighted by Gasteiger charge is 2.20. The predicted molar refractivity (Wildman–Crippen MR) is 134 cm³/mol. The van der Waals surface area contributed by atoms with Crippen molar-refractivity contribution in [3.05, 3.63) is 76.5 Å². The number of Topliss-reactive ketones (excluding diaryl/α,β-unsaturated/α-hetero) is 1. The number of ketones is 1. The number of rotatable bonds is 11. The van der Waals surface area contributed by atoms with Crippen molar-refractivity contribution < 1.29 is 13.9 Å². The minimum absolute atomic E-state index is 0.0664. The van der Waals surface area contributed by atoms with Crippen molar-refractivity contribution >= 4 is 29.1 Å². The lowest BCUT2D eigenvalue weighted by Crippen LogP contribution is -2.09. The number of furan rings is 1. The molecule has 4 rings (SSSR count). The van der Waals surface area contributed by atoms with Gasteiger partial charge in [0.05, 0.1) is 18.6 Å². The highest BCUT2D eigenvalue weighted by atomic mass is 35.5. The summed E-state index contributed by atoms with van der Waals surface area (Å²) in [5, 5.41) is 10.1. The number of methoxy groups -OCH3 is 1. The van der Waals surface area contributed by atoms with Gasteiger partial charge in [-0.2, -0.15) is 0 Å². The van der Waals surface area contributed by atoms with Crippen LogP contribution in [0.1, 0.15) is 33.9 Å². The van der Waals surface area contributed by atoms with Gasteiger partial charge in [0.2, 0.25) is 0 Å². The number of halogens is 1. The quantitative estimate of drug-likeness (QED) is 0.151. The second kappa shape index (κ2) is 11.1. The van der Waals surface area contributed by atoms with Crippen LogP contribution in [-0.4, -0.2) is 44.6 Å². The molecule has 0 aliphatic rings. The van der Waals surface area contributed by atoms with Gasteiger partial charge in [-0.3, -0.25) is 9.36 Å².